The Balaban J connectivity index is 2.15. The van der Waals surface area contributed by atoms with Gasteiger partial charge in [-0.3, -0.25) is 0 Å². The van der Waals surface area contributed by atoms with E-state index < -0.39 is 8.07 Å². The fraction of sp³-hybridized carbons (Fsp3) is 0.562. The normalized spacial score (nSPS) is 12.0. The summed E-state index contributed by atoms with van der Waals surface area (Å²) in [6, 6.07) is 7.17. The van der Waals surface area contributed by atoms with Crippen molar-refractivity contribution in [2.24, 2.45) is 5.73 Å². The van der Waals surface area contributed by atoms with Crippen LogP contribution in [0.4, 0.5) is 0 Å². The zero-order chi connectivity index (χ0) is 16.2. The number of aromatic nitrogens is 2. The van der Waals surface area contributed by atoms with E-state index in [1.54, 1.807) is 7.11 Å². The summed E-state index contributed by atoms with van der Waals surface area (Å²) in [6.07, 6.45) is 0.756. The van der Waals surface area contributed by atoms with E-state index in [1.807, 2.05) is 22.9 Å². The number of rotatable bonds is 8. The molecule has 0 unspecified atom stereocenters. The van der Waals surface area contributed by atoms with E-state index in [-0.39, 0.29) is 0 Å². The number of nitrogens with two attached hydrogens (primary N) is 1. The SMILES string of the molecule is COc1ccc2c(c1)c(CCN)nn2COCC[Si](C)(C)C. The molecule has 0 aliphatic rings. The Morgan fingerprint density at radius 2 is 2.05 bits per heavy atom. The predicted octanol–water partition coefficient (Wildman–Crippen LogP) is 2.86. The number of ether oxygens (including phenoxy) is 2. The first-order valence-electron chi connectivity index (χ1n) is 7.76. The second-order valence-electron chi connectivity index (χ2n) is 6.72. The van der Waals surface area contributed by atoms with Crippen LogP contribution in [-0.2, 0) is 17.9 Å². The number of benzene rings is 1. The van der Waals surface area contributed by atoms with Crippen LogP contribution in [0.5, 0.6) is 5.75 Å². The Bertz CT molecular complexity index is 620. The standard InChI is InChI=1S/C16H27N3O2Si/c1-20-13-5-6-16-14(11-13)15(7-8-17)18-19(16)12-21-9-10-22(2,3)4/h5-6,11H,7-10,12,17H2,1-4H3. The quantitative estimate of drug-likeness (QED) is 0.600. The first-order valence-corrected chi connectivity index (χ1v) is 11.5. The summed E-state index contributed by atoms with van der Waals surface area (Å²) in [6.45, 7) is 8.92. The molecule has 1 aromatic carbocycles. The summed E-state index contributed by atoms with van der Waals surface area (Å²) >= 11 is 0. The van der Waals surface area contributed by atoms with Crippen LogP contribution in [0.3, 0.4) is 0 Å². The molecular formula is C16H27N3O2Si. The van der Waals surface area contributed by atoms with Crippen LogP contribution in [0.2, 0.25) is 25.7 Å². The smallest absolute Gasteiger partial charge is 0.140 e. The van der Waals surface area contributed by atoms with Gasteiger partial charge in [0.1, 0.15) is 12.5 Å². The van der Waals surface area contributed by atoms with Crippen LogP contribution < -0.4 is 10.5 Å². The summed E-state index contributed by atoms with van der Waals surface area (Å²) in [5.41, 5.74) is 7.77. The molecule has 0 amide bonds. The highest BCUT2D eigenvalue weighted by atomic mass is 28.3. The van der Waals surface area contributed by atoms with E-state index in [1.165, 1.54) is 0 Å². The predicted molar refractivity (Wildman–Crippen MR) is 93.1 cm³/mol. The van der Waals surface area contributed by atoms with Crippen molar-refractivity contribution in [3.05, 3.63) is 23.9 Å². The van der Waals surface area contributed by atoms with Gasteiger partial charge >= 0.3 is 0 Å². The van der Waals surface area contributed by atoms with Gasteiger partial charge in [0.15, 0.2) is 0 Å². The van der Waals surface area contributed by atoms with Crippen molar-refractivity contribution in [1.29, 1.82) is 0 Å². The molecule has 0 atom stereocenters. The molecule has 6 heteroatoms. The fourth-order valence-electron chi connectivity index (χ4n) is 2.30. The average molecular weight is 321 g/mol. The minimum Gasteiger partial charge on any atom is -0.497 e. The van der Waals surface area contributed by atoms with E-state index in [9.17, 15) is 0 Å². The van der Waals surface area contributed by atoms with E-state index in [4.69, 9.17) is 15.2 Å². The van der Waals surface area contributed by atoms with Gasteiger partial charge in [0.25, 0.3) is 0 Å². The van der Waals surface area contributed by atoms with Gasteiger partial charge in [-0.05, 0) is 30.8 Å². The lowest BCUT2D eigenvalue weighted by molar-refractivity contribution is 0.0814. The third-order valence-electron chi connectivity index (χ3n) is 3.63. The molecule has 2 rings (SSSR count). The number of methoxy groups -OCH3 is 1. The van der Waals surface area contributed by atoms with E-state index in [0.29, 0.717) is 13.3 Å². The summed E-state index contributed by atoms with van der Waals surface area (Å²) in [5, 5.41) is 5.75. The van der Waals surface area contributed by atoms with Gasteiger partial charge in [-0.1, -0.05) is 19.6 Å². The van der Waals surface area contributed by atoms with Crippen molar-refractivity contribution in [3.63, 3.8) is 0 Å². The zero-order valence-corrected chi connectivity index (χ0v) is 15.1. The first-order chi connectivity index (χ1) is 10.4. The van der Waals surface area contributed by atoms with Crippen molar-refractivity contribution < 1.29 is 9.47 Å². The summed E-state index contributed by atoms with van der Waals surface area (Å²) < 4.78 is 13.1. The number of hydrogen-bond donors (Lipinski definition) is 1. The molecule has 1 aromatic heterocycles. The van der Waals surface area contributed by atoms with E-state index >= 15 is 0 Å². The highest BCUT2D eigenvalue weighted by Gasteiger charge is 2.14. The number of hydrogen-bond acceptors (Lipinski definition) is 4. The third kappa shape index (κ3) is 4.31. The lowest BCUT2D eigenvalue weighted by atomic mass is 10.1. The van der Waals surface area contributed by atoms with Crippen molar-refractivity contribution in [2.75, 3.05) is 20.3 Å². The van der Waals surface area contributed by atoms with Crippen molar-refractivity contribution in [1.82, 2.24) is 9.78 Å². The maximum absolute atomic E-state index is 5.82. The minimum absolute atomic E-state index is 0.484. The molecule has 1 heterocycles. The van der Waals surface area contributed by atoms with Crippen LogP contribution in [0.15, 0.2) is 18.2 Å². The molecule has 0 aliphatic heterocycles. The van der Waals surface area contributed by atoms with Crippen LogP contribution in [-0.4, -0.2) is 38.1 Å². The van der Waals surface area contributed by atoms with Gasteiger partial charge in [0.2, 0.25) is 0 Å². The molecule has 0 saturated carbocycles. The summed E-state index contributed by atoms with van der Waals surface area (Å²) in [4.78, 5) is 0. The molecule has 0 radical (unpaired) electrons. The minimum atomic E-state index is -1.06. The number of nitrogens with zero attached hydrogens (tertiary/aromatic N) is 2. The molecular weight excluding hydrogens is 294 g/mol. The maximum Gasteiger partial charge on any atom is 0.140 e. The highest BCUT2D eigenvalue weighted by molar-refractivity contribution is 6.76. The van der Waals surface area contributed by atoms with Crippen LogP contribution >= 0.6 is 0 Å². The lowest BCUT2D eigenvalue weighted by Gasteiger charge is -2.15. The van der Waals surface area contributed by atoms with Crippen LogP contribution in [0.1, 0.15) is 5.69 Å². The highest BCUT2D eigenvalue weighted by Crippen LogP contribution is 2.24. The van der Waals surface area contributed by atoms with Crippen LogP contribution in [0, 0.1) is 0 Å². The Hall–Kier alpha value is -1.37. The van der Waals surface area contributed by atoms with Gasteiger partial charge in [-0.2, -0.15) is 5.10 Å². The van der Waals surface area contributed by atoms with Crippen molar-refractivity contribution in [2.45, 2.75) is 38.8 Å². The third-order valence-corrected chi connectivity index (χ3v) is 5.33. The van der Waals surface area contributed by atoms with Crippen molar-refractivity contribution in [3.8, 4) is 5.75 Å². The second-order valence-corrected chi connectivity index (χ2v) is 12.3. The van der Waals surface area contributed by atoms with E-state index in [0.717, 1.165) is 41.4 Å². The molecule has 0 aliphatic carbocycles. The molecule has 2 aromatic rings. The Morgan fingerprint density at radius 1 is 1.27 bits per heavy atom. The van der Waals surface area contributed by atoms with Gasteiger partial charge < -0.3 is 15.2 Å². The Morgan fingerprint density at radius 3 is 2.68 bits per heavy atom. The van der Waals surface area contributed by atoms with E-state index in [2.05, 4.69) is 24.7 Å². The molecule has 122 valence electrons. The molecule has 5 nitrogen and oxygen atoms in total. The van der Waals surface area contributed by atoms with Gasteiger partial charge in [-0.15, -0.1) is 0 Å². The Kier molecular flexibility index (Phi) is 5.61. The lowest BCUT2D eigenvalue weighted by Crippen LogP contribution is -2.22. The average Bonchev–Trinajstić information content (AvgIpc) is 2.80. The Labute approximate surface area is 133 Å². The fourth-order valence-corrected chi connectivity index (χ4v) is 3.06. The number of fused-ring (bicyclic) bond motifs is 1. The summed E-state index contributed by atoms with van der Waals surface area (Å²) in [5.74, 6) is 0.838. The van der Waals surface area contributed by atoms with Crippen molar-refractivity contribution >= 4 is 19.0 Å². The monoisotopic (exact) mass is 321 g/mol. The molecule has 0 fully saturated rings. The molecule has 0 saturated heterocycles. The molecule has 22 heavy (non-hydrogen) atoms. The van der Waals surface area contributed by atoms with Gasteiger partial charge in [0.05, 0.1) is 18.3 Å². The van der Waals surface area contributed by atoms with Gasteiger partial charge in [0, 0.05) is 26.5 Å². The zero-order valence-electron chi connectivity index (χ0n) is 14.1. The largest absolute Gasteiger partial charge is 0.497 e. The molecule has 0 spiro atoms. The first kappa shape index (κ1) is 17.0. The summed E-state index contributed by atoms with van der Waals surface area (Å²) in [7, 11) is 0.618. The van der Waals surface area contributed by atoms with Gasteiger partial charge in [-0.25, -0.2) is 4.68 Å². The molecule has 2 N–H and O–H groups in total. The van der Waals surface area contributed by atoms with Crippen LogP contribution in [0.25, 0.3) is 10.9 Å². The maximum atomic E-state index is 5.82. The second kappa shape index (κ2) is 7.26. The molecule has 0 bridgehead atoms. The topological polar surface area (TPSA) is 62.3 Å².